The number of carbonyl (C=O) groups excluding carboxylic acids is 1. The summed E-state index contributed by atoms with van der Waals surface area (Å²) in [5, 5.41) is 0. The zero-order chi connectivity index (χ0) is 19.4. The van der Waals surface area contributed by atoms with Crippen molar-refractivity contribution in [2.75, 3.05) is 45.8 Å². The van der Waals surface area contributed by atoms with Crippen LogP contribution in [0.15, 0.2) is 33.6 Å². The fourth-order valence-electron chi connectivity index (χ4n) is 3.65. The van der Waals surface area contributed by atoms with Crippen molar-refractivity contribution >= 4 is 31.9 Å². The standard InChI is InChI=1S/C19H24BrN3O3S/c1-2-8-21-9-6-16(7-10-21)19(24)22-11-13-23(14-12-22)27(25,26)18-5-3-4-17(20)15-18/h1,3-5,15-16H,6-14H2. The van der Waals surface area contributed by atoms with Gasteiger partial charge in [-0.1, -0.05) is 27.9 Å². The predicted octanol–water partition coefficient (Wildman–Crippen LogP) is 1.63. The Hall–Kier alpha value is -1.40. The predicted molar refractivity (Wildman–Crippen MR) is 107 cm³/mol. The lowest BCUT2D eigenvalue weighted by atomic mass is 9.95. The molecule has 146 valence electrons. The highest BCUT2D eigenvalue weighted by atomic mass is 79.9. The van der Waals surface area contributed by atoms with Crippen molar-refractivity contribution < 1.29 is 13.2 Å². The van der Waals surface area contributed by atoms with Crippen LogP contribution in [-0.2, 0) is 14.8 Å². The van der Waals surface area contributed by atoms with Crippen LogP contribution in [-0.4, -0.2) is 74.2 Å². The first-order chi connectivity index (χ1) is 12.9. The number of carbonyl (C=O) groups is 1. The molecule has 1 amide bonds. The molecule has 2 aliphatic heterocycles. The van der Waals surface area contributed by atoms with Crippen molar-refractivity contribution in [3.8, 4) is 12.3 Å². The molecule has 1 aromatic rings. The maximum Gasteiger partial charge on any atom is 0.243 e. The molecule has 0 aromatic heterocycles. The first-order valence-corrected chi connectivity index (χ1v) is 11.4. The molecule has 0 spiro atoms. The molecule has 0 aliphatic carbocycles. The van der Waals surface area contributed by atoms with Gasteiger partial charge in [0, 0.05) is 36.6 Å². The SMILES string of the molecule is C#CCN1CCC(C(=O)N2CCN(S(=O)(=O)c3cccc(Br)c3)CC2)CC1. The van der Waals surface area contributed by atoms with Gasteiger partial charge in [0.05, 0.1) is 11.4 Å². The molecule has 2 heterocycles. The van der Waals surface area contributed by atoms with E-state index < -0.39 is 10.0 Å². The zero-order valence-electron chi connectivity index (χ0n) is 15.2. The van der Waals surface area contributed by atoms with Crippen molar-refractivity contribution in [1.82, 2.24) is 14.1 Å². The van der Waals surface area contributed by atoms with Crippen LogP contribution >= 0.6 is 15.9 Å². The molecule has 0 bridgehead atoms. The van der Waals surface area contributed by atoms with Crippen LogP contribution in [0.3, 0.4) is 0 Å². The Bertz CT molecular complexity index is 821. The lowest BCUT2D eigenvalue weighted by molar-refractivity contribution is -0.138. The Labute approximate surface area is 169 Å². The Morgan fingerprint density at radius 1 is 1.15 bits per heavy atom. The number of terminal acetylenes is 1. The Morgan fingerprint density at radius 3 is 2.41 bits per heavy atom. The summed E-state index contributed by atoms with van der Waals surface area (Å²) in [5.41, 5.74) is 0. The number of likely N-dealkylation sites (tertiary alicyclic amines) is 1. The van der Waals surface area contributed by atoms with Gasteiger partial charge in [0.1, 0.15) is 0 Å². The van der Waals surface area contributed by atoms with E-state index in [1.165, 1.54) is 4.31 Å². The van der Waals surface area contributed by atoms with Crippen LogP contribution in [0.25, 0.3) is 0 Å². The molecule has 0 atom stereocenters. The molecule has 0 unspecified atom stereocenters. The summed E-state index contributed by atoms with van der Waals surface area (Å²) in [6, 6.07) is 6.71. The molecule has 0 N–H and O–H groups in total. The van der Waals surface area contributed by atoms with Crippen molar-refractivity contribution in [3.05, 3.63) is 28.7 Å². The molecule has 1 aromatic carbocycles. The number of piperazine rings is 1. The van der Waals surface area contributed by atoms with Gasteiger partial charge >= 0.3 is 0 Å². The van der Waals surface area contributed by atoms with E-state index in [9.17, 15) is 13.2 Å². The summed E-state index contributed by atoms with van der Waals surface area (Å²) in [6.07, 6.45) is 6.98. The normalized spacial score (nSPS) is 20.4. The molecule has 27 heavy (non-hydrogen) atoms. The Kier molecular flexibility index (Phi) is 6.58. The number of amides is 1. The molecule has 6 nitrogen and oxygen atoms in total. The first-order valence-electron chi connectivity index (χ1n) is 9.12. The second-order valence-electron chi connectivity index (χ2n) is 6.94. The van der Waals surface area contributed by atoms with Crippen molar-refractivity contribution in [2.24, 2.45) is 5.92 Å². The van der Waals surface area contributed by atoms with Crippen LogP contribution in [0.4, 0.5) is 0 Å². The van der Waals surface area contributed by atoms with E-state index in [2.05, 4.69) is 26.8 Å². The van der Waals surface area contributed by atoms with Gasteiger partial charge in [-0.2, -0.15) is 4.31 Å². The molecular weight excluding hydrogens is 430 g/mol. The van der Waals surface area contributed by atoms with Gasteiger partial charge in [-0.15, -0.1) is 6.42 Å². The topological polar surface area (TPSA) is 60.9 Å². The smallest absolute Gasteiger partial charge is 0.243 e. The average molecular weight is 454 g/mol. The van der Waals surface area contributed by atoms with Gasteiger partial charge in [-0.05, 0) is 44.1 Å². The second kappa shape index (κ2) is 8.74. The third-order valence-electron chi connectivity index (χ3n) is 5.24. The van der Waals surface area contributed by atoms with Crippen molar-refractivity contribution in [3.63, 3.8) is 0 Å². The molecule has 3 rings (SSSR count). The average Bonchev–Trinajstić information content (AvgIpc) is 2.68. The maximum absolute atomic E-state index is 12.8. The van der Waals surface area contributed by atoms with Crippen LogP contribution < -0.4 is 0 Å². The van der Waals surface area contributed by atoms with E-state index in [0.717, 1.165) is 30.4 Å². The number of hydrogen-bond acceptors (Lipinski definition) is 4. The lowest BCUT2D eigenvalue weighted by Gasteiger charge is -2.37. The number of halogens is 1. The van der Waals surface area contributed by atoms with Crippen LogP contribution in [0.2, 0.25) is 0 Å². The largest absolute Gasteiger partial charge is 0.340 e. The lowest BCUT2D eigenvalue weighted by Crippen LogP contribution is -2.52. The van der Waals surface area contributed by atoms with E-state index >= 15 is 0 Å². The second-order valence-corrected chi connectivity index (χ2v) is 9.79. The van der Waals surface area contributed by atoms with Crippen LogP contribution in [0.5, 0.6) is 0 Å². The van der Waals surface area contributed by atoms with E-state index in [0.29, 0.717) is 32.7 Å². The van der Waals surface area contributed by atoms with Gasteiger partial charge in [0.25, 0.3) is 0 Å². The highest BCUT2D eigenvalue weighted by Crippen LogP contribution is 2.23. The monoisotopic (exact) mass is 453 g/mol. The van der Waals surface area contributed by atoms with Crippen LogP contribution in [0.1, 0.15) is 12.8 Å². The highest BCUT2D eigenvalue weighted by Gasteiger charge is 2.33. The molecule has 2 fully saturated rings. The minimum atomic E-state index is -3.53. The summed E-state index contributed by atoms with van der Waals surface area (Å²) in [6.45, 7) is 3.86. The molecule has 2 saturated heterocycles. The molecular formula is C19H24BrN3O3S. The van der Waals surface area contributed by atoms with Crippen molar-refractivity contribution in [2.45, 2.75) is 17.7 Å². The molecule has 2 aliphatic rings. The summed E-state index contributed by atoms with van der Waals surface area (Å²) in [5.74, 6) is 2.81. The molecule has 0 radical (unpaired) electrons. The minimum Gasteiger partial charge on any atom is -0.340 e. The Morgan fingerprint density at radius 2 is 1.81 bits per heavy atom. The third kappa shape index (κ3) is 4.72. The van der Waals surface area contributed by atoms with Gasteiger partial charge in [0.2, 0.25) is 15.9 Å². The summed E-state index contributed by atoms with van der Waals surface area (Å²) in [7, 11) is -3.53. The van der Waals surface area contributed by atoms with E-state index in [1.54, 1.807) is 24.3 Å². The minimum absolute atomic E-state index is 0.0206. The highest BCUT2D eigenvalue weighted by molar-refractivity contribution is 9.10. The number of benzene rings is 1. The molecule has 0 saturated carbocycles. The number of rotatable bonds is 4. The quantitative estimate of drug-likeness (QED) is 0.649. The fraction of sp³-hybridized carbons (Fsp3) is 0.526. The third-order valence-corrected chi connectivity index (χ3v) is 7.62. The van der Waals surface area contributed by atoms with Gasteiger partial charge < -0.3 is 4.90 Å². The van der Waals surface area contributed by atoms with E-state index in [-0.39, 0.29) is 16.7 Å². The fourth-order valence-corrected chi connectivity index (χ4v) is 5.67. The van der Waals surface area contributed by atoms with E-state index in [1.807, 2.05) is 4.90 Å². The Balaban J connectivity index is 1.56. The number of sulfonamides is 1. The number of nitrogens with zero attached hydrogens (tertiary/aromatic N) is 3. The van der Waals surface area contributed by atoms with Crippen molar-refractivity contribution in [1.29, 1.82) is 0 Å². The summed E-state index contributed by atoms with van der Waals surface area (Å²) >= 11 is 3.32. The summed E-state index contributed by atoms with van der Waals surface area (Å²) < 4.78 is 27.8. The van der Waals surface area contributed by atoms with Gasteiger partial charge in [-0.3, -0.25) is 9.69 Å². The number of piperidine rings is 1. The number of hydrogen-bond donors (Lipinski definition) is 0. The van der Waals surface area contributed by atoms with Crippen LogP contribution in [0, 0.1) is 18.3 Å². The first kappa shape index (κ1) is 20.3. The van der Waals surface area contributed by atoms with E-state index in [4.69, 9.17) is 6.42 Å². The zero-order valence-corrected chi connectivity index (χ0v) is 17.6. The maximum atomic E-state index is 12.8. The molecule has 8 heteroatoms. The summed E-state index contributed by atoms with van der Waals surface area (Å²) in [4.78, 5) is 17.1. The van der Waals surface area contributed by atoms with Gasteiger partial charge in [-0.25, -0.2) is 8.42 Å². The van der Waals surface area contributed by atoms with Gasteiger partial charge in [0.15, 0.2) is 0 Å².